The van der Waals surface area contributed by atoms with E-state index in [1.807, 2.05) is 18.2 Å². The van der Waals surface area contributed by atoms with Gasteiger partial charge in [-0.15, -0.1) is 11.3 Å². The Morgan fingerprint density at radius 3 is 1.86 bits per heavy atom. The van der Waals surface area contributed by atoms with Crippen LogP contribution in [0.15, 0.2) is 176 Å². The third kappa shape index (κ3) is 4.65. The molecule has 3 aromatic heterocycles. The van der Waals surface area contributed by atoms with Gasteiger partial charge in [-0.25, -0.2) is 9.97 Å². The van der Waals surface area contributed by atoms with Gasteiger partial charge in [-0.05, 0) is 64.7 Å². The molecule has 4 heteroatoms. The van der Waals surface area contributed by atoms with E-state index in [0.29, 0.717) is 0 Å². The lowest BCUT2D eigenvalue weighted by Crippen LogP contribution is -1.93. The quantitative estimate of drug-likeness (QED) is 0.185. The Kier molecular flexibility index (Phi) is 6.68. The lowest BCUT2D eigenvalue weighted by atomic mass is 9.95. The molecule has 0 atom stereocenters. The van der Waals surface area contributed by atoms with E-state index < -0.39 is 0 Å². The SMILES string of the molecule is c1ccc(-c2nc(-c3cccc(-c4cccc(-c5cccc6c5c5ccccc5n6-c5ccccc5)c4)c3)c3sc4ccccc4c3n2)cc1. The van der Waals surface area contributed by atoms with Crippen molar-refractivity contribution in [2.24, 2.45) is 0 Å². The Bertz CT molecular complexity index is 2870. The molecule has 0 radical (unpaired) electrons. The minimum absolute atomic E-state index is 0.742. The van der Waals surface area contributed by atoms with Crippen LogP contribution >= 0.6 is 11.3 Å². The fraction of sp³-hybridized carbons (Fsp3) is 0. The zero-order chi connectivity index (χ0) is 33.0. The molecule has 0 saturated heterocycles. The first-order valence-corrected chi connectivity index (χ1v) is 17.7. The summed E-state index contributed by atoms with van der Waals surface area (Å²) in [6.07, 6.45) is 0. The van der Waals surface area contributed by atoms with Crippen molar-refractivity contribution in [3.8, 4) is 50.6 Å². The maximum atomic E-state index is 5.22. The topological polar surface area (TPSA) is 30.7 Å². The molecule has 10 aromatic rings. The summed E-state index contributed by atoms with van der Waals surface area (Å²) in [5.74, 6) is 0.742. The average Bonchev–Trinajstić information content (AvgIpc) is 3.74. The molecule has 3 heterocycles. The molecule has 0 aliphatic rings. The molecule has 0 saturated carbocycles. The van der Waals surface area contributed by atoms with Crippen molar-refractivity contribution >= 4 is 53.4 Å². The average molecular weight is 656 g/mol. The first kappa shape index (κ1) is 28.6. The molecule has 0 amide bonds. The van der Waals surface area contributed by atoms with Gasteiger partial charge in [-0.1, -0.05) is 133 Å². The number of para-hydroxylation sites is 2. The van der Waals surface area contributed by atoms with Crippen molar-refractivity contribution in [2.75, 3.05) is 0 Å². The van der Waals surface area contributed by atoms with E-state index in [9.17, 15) is 0 Å². The Morgan fingerprint density at radius 2 is 1.04 bits per heavy atom. The van der Waals surface area contributed by atoms with Gasteiger partial charge in [0.15, 0.2) is 5.82 Å². The van der Waals surface area contributed by atoms with Gasteiger partial charge in [-0.2, -0.15) is 0 Å². The van der Waals surface area contributed by atoms with Crippen molar-refractivity contribution in [3.63, 3.8) is 0 Å². The highest BCUT2D eigenvalue weighted by Crippen LogP contribution is 2.42. The van der Waals surface area contributed by atoms with E-state index in [1.54, 1.807) is 11.3 Å². The number of thiophene rings is 1. The third-order valence-electron chi connectivity index (χ3n) is 9.61. The van der Waals surface area contributed by atoms with Crippen molar-refractivity contribution in [3.05, 3.63) is 176 Å². The second-order valence-corrected chi connectivity index (χ2v) is 13.6. The van der Waals surface area contributed by atoms with Gasteiger partial charge in [0.25, 0.3) is 0 Å². The Balaban J connectivity index is 1.13. The van der Waals surface area contributed by atoms with Crippen LogP contribution < -0.4 is 0 Å². The predicted molar refractivity (Wildman–Crippen MR) is 211 cm³/mol. The van der Waals surface area contributed by atoms with Gasteiger partial charge in [0.05, 0.1) is 26.9 Å². The number of hydrogen-bond acceptors (Lipinski definition) is 3. The molecular weight excluding hydrogens is 627 g/mol. The van der Waals surface area contributed by atoms with Crippen molar-refractivity contribution < 1.29 is 0 Å². The van der Waals surface area contributed by atoms with Gasteiger partial charge in [-0.3, -0.25) is 0 Å². The van der Waals surface area contributed by atoms with Gasteiger partial charge in [0.1, 0.15) is 0 Å². The molecule has 0 unspecified atom stereocenters. The number of nitrogens with zero attached hydrogens (tertiary/aromatic N) is 3. The van der Waals surface area contributed by atoms with E-state index in [4.69, 9.17) is 9.97 Å². The smallest absolute Gasteiger partial charge is 0.160 e. The summed E-state index contributed by atoms with van der Waals surface area (Å²) in [6, 6.07) is 62.6. The van der Waals surface area contributed by atoms with Crippen LogP contribution in [0, 0.1) is 0 Å². The van der Waals surface area contributed by atoms with Crippen molar-refractivity contribution in [2.45, 2.75) is 0 Å². The van der Waals surface area contributed by atoms with Crippen LogP contribution in [0.1, 0.15) is 0 Å². The minimum atomic E-state index is 0.742. The van der Waals surface area contributed by atoms with Gasteiger partial charge in [0.2, 0.25) is 0 Å². The zero-order valence-corrected chi connectivity index (χ0v) is 27.8. The maximum Gasteiger partial charge on any atom is 0.160 e. The first-order valence-electron chi connectivity index (χ1n) is 16.8. The van der Waals surface area contributed by atoms with E-state index >= 15 is 0 Å². The number of aromatic nitrogens is 3. The Hall–Kier alpha value is -6.36. The molecule has 0 aliphatic carbocycles. The highest BCUT2D eigenvalue weighted by atomic mass is 32.1. The van der Waals surface area contributed by atoms with E-state index in [0.717, 1.165) is 49.7 Å². The summed E-state index contributed by atoms with van der Waals surface area (Å²) in [4.78, 5) is 10.3. The van der Waals surface area contributed by atoms with Crippen LogP contribution in [0.5, 0.6) is 0 Å². The molecule has 0 aliphatic heterocycles. The Labute approximate surface area is 293 Å². The number of fused-ring (bicyclic) bond motifs is 6. The van der Waals surface area contributed by atoms with Crippen LogP contribution in [0.25, 0.3) is 92.7 Å². The number of rotatable bonds is 5. The monoisotopic (exact) mass is 655 g/mol. The van der Waals surface area contributed by atoms with E-state index in [-0.39, 0.29) is 0 Å². The lowest BCUT2D eigenvalue weighted by molar-refractivity contribution is 1.18. The summed E-state index contributed by atoms with van der Waals surface area (Å²) < 4.78 is 4.70. The summed E-state index contributed by atoms with van der Waals surface area (Å²) in [5, 5.41) is 3.68. The van der Waals surface area contributed by atoms with Gasteiger partial charge in [0, 0.05) is 37.7 Å². The van der Waals surface area contributed by atoms with Crippen LogP contribution in [0.2, 0.25) is 0 Å². The van der Waals surface area contributed by atoms with E-state index in [2.05, 4.69) is 162 Å². The van der Waals surface area contributed by atoms with Crippen LogP contribution in [-0.4, -0.2) is 14.5 Å². The molecule has 0 fully saturated rings. The predicted octanol–water partition coefficient (Wildman–Crippen LogP) is 12.6. The molecule has 234 valence electrons. The maximum absolute atomic E-state index is 5.22. The van der Waals surface area contributed by atoms with Crippen molar-refractivity contribution in [1.82, 2.24) is 14.5 Å². The van der Waals surface area contributed by atoms with Crippen LogP contribution in [0.3, 0.4) is 0 Å². The largest absolute Gasteiger partial charge is 0.309 e. The summed E-state index contributed by atoms with van der Waals surface area (Å²) in [6.45, 7) is 0. The molecule has 7 aromatic carbocycles. The van der Waals surface area contributed by atoms with Crippen LogP contribution in [-0.2, 0) is 0 Å². The fourth-order valence-electron chi connectivity index (χ4n) is 7.33. The highest BCUT2D eigenvalue weighted by Gasteiger charge is 2.18. The number of hydrogen-bond donors (Lipinski definition) is 0. The second kappa shape index (κ2) is 11.7. The molecule has 50 heavy (non-hydrogen) atoms. The molecular formula is C46H29N3S. The summed E-state index contributed by atoms with van der Waals surface area (Å²) in [7, 11) is 0. The van der Waals surface area contributed by atoms with Gasteiger partial charge < -0.3 is 4.57 Å². The normalized spacial score (nSPS) is 11.6. The highest BCUT2D eigenvalue weighted by molar-refractivity contribution is 7.26. The Morgan fingerprint density at radius 1 is 0.440 bits per heavy atom. The van der Waals surface area contributed by atoms with Crippen molar-refractivity contribution in [1.29, 1.82) is 0 Å². The van der Waals surface area contributed by atoms with Crippen LogP contribution in [0.4, 0.5) is 0 Å². The molecule has 0 bridgehead atoms. The lowest BCUT2D eigenvalue weighted by Gasteiger charge is -2.11. The van der Waals surface area contributed by atoms with Gasteiger partial charge >= 0.3 is 0 Å². The molecule has 10 rings (SSSR count). The molecule has 3 nitrogen and oxygen atoms in total. The van der Waals surface area contributed by atoms with E-state index in [1.165, 1.54) is 43.0 Å². The summed E-state index contributed by atoms with van der Waals surface area (Å²) >= 11 is 1.76. The standard InChI is InChI=1S/C46H29N3S/c1-3-14-30(15-4-1)46-47-43(45-44(48-46)38-23-8-10-27-41(38)50-45)34-19-12-17-32(29-34)31-16-11-18-33(28-31)36-24-13-26-40-42(36)37-22-7-9-25-39(37)49(40)35-20-5-2-6-21-35/h1-29H. The third-order valence-corrected chi connectivity index (χ3v) is 10.8. The molecule has 0 spiro atoms. The summed E-state index contributed by atoms with van der Waals surface area (Å²) in [5.41, 5.74) is 12.4. The fourth-order valence-corrected chi connectivity index (χ4v) is 8.48. The number of benzene rings is 7. The zero-order valence-electron chi connectivity index (χ0n) is 27.0. The second-order valence-electron chi connectivity index (χ2n) is 12.6. The first-order chi connectivity index (χ1) is 24.8. The molecule has 0 N–H and O–H groups in total. The minimum Gasteiger partial charge on any atom is -0.309 e.